The molecule has 5 nitrogen and oxygen atoms in total. The maximum absolute atomic E-state index is 12.5. The molecule has 3 rings (SSSR count). The van der Waals surface area contributed by atoms with Gasteiger partial charge in [-0.3, -0.25) is 10.6 Å². The molecular formula is C16H17N3O2. The van der Waals surface area contributed by atoms with Crippen molar-refractivity contribution in [3.05, 3.63) is 59.2 Å². The number of hydrogen-bond donors (Lipinski definition) is 3. The van der Waals surface area contributed by atoms with E-state index < -0.39 is 0 Å². The van der Waals surface area contributed by atoms with E-state index in [9.17, 15) is 4.79 Å². The van der Waals surface area contributed by atoms with Gasteiger partial charge >= 0.3 is 0 Å². The Bertz CT molecular complexity index is 685. The number of para-hydroxylation sites is 1. The van der Waals surface area contributed by atoms with E-state index in [1.54, 1.807) is 6.07 Å². The van der Waals surface area contributed by atoms with E-state index in [0.29, 0.717) is 17.9 Å². The molecule has 1 aliphatic rings. The van der Waals surface area contributed by atoms with Crippen LogP contribution in [0.25, 0.3) is 0 Å². The minimum Gasteiger partial charge on any atom is -0.491 e. The van der Waals surface area contributed by atoms with Crippen LogP contribution in [-0.2, 0) is 0 Å². The van der Waals surface area contributed by atoms with Crippen LogP contribution in [0.1, 0.15) is 27.5 Å². The number of aryl methyl sites for hydroxylation is 1. The Morgan fingerprint density at radius 1 is 1.29 bits per heavy atom. The molecule has 1 atom stereocenters. The summed E-state index contributed by atoms with van der Waals surface area (Å²) in [4.78, 5) is 12.5. The zero-order valence-electron chi connectivity index (χ0n) is 11.7. The first-order valence-electron chi connectivity index (χ1n) is 6.79. The second-order valence-electron chi connectivity index (χ2n) is 5.07. The normalized spacial score (nSPS) is 16.0. The van der Waals surface area contributed by atoms with Gasteiger partial charge in [-0.1, -0.05) is 29.8 Å². The molecule has 0 spiro atoms. The highest BCUT2D eigenvalue weighted by Crippen LogP contribution is 2.32. The topological polar surface area (TPSA) is 76.4 Å². The van der Waals surface area contributed by atoms with E-state index in [2.05, 4.69) is 10.7 Å². The minimum absolute atomic E-state index is 0.139. The number of hydrazine groups is 1. The summed E-state index contributed by atoms with van der Waals surface area (Å²) in [6, 6.07) is 13.1. The highest BCUT2D eigenvalue weighted by molar-refractivity contribution is 6.00. The summed E-state index contributed by atoms with van der Waals surface area (Å²) in [5.41, 5.74) is 5.69. The average molecular weight is 283 g/mol. The standard InChI is InChI=1S/C16H17N3O2/c1-10-6-7-13(19-17)12(8-10)16(20)18-14-9-21-15-5-3-2-4-11(14)15/h2-8,14,19H,9,17H2,1H3,(H,18,20). The zero-order valence-corrected chi connectivity index (χ0v) is 11.7. The Balaban J connectivity index is 1.83. The molecule has 1 unspecified atom stereocenters. The number of anilines is 1. The number of benzene rings is 2. The number of amides is 1. The second-order valence-corrected chi connectivity index (χ2v) is 5.07. The molecule has 108 valence electrons. The lowest BCUT2D eigenvalue weighted by molar-refractivity contribution is 0.0931. The van der Waals surface area contributed by atoms with Crippen molar-refractivity contribution < 1.29 is 9.53 Å². The molecule has 2 aromatic rings. The highest BCUT2D eigenvalue weighted by atomic mass is 16.5. The summed E-state index contributed by atoms with van der Waals surface area (Å²) >= 11 is 0. The summed E-state index contributed by atoms with van der Waals surface area (Å²) < 4.78 is 5.57. The van der Waals surface area contributed by atoms with Crippen molar-refractivity contribution in [2.75, 3.05) is 12.0 Å². The Hall–Kier alpha value is -2.53. The summed E-state index contributed by atoms with van der Waals surface area (Å²) in [6.07, 6.45) is 0. The molecule has 5 heteroatoms. The lowest BCUT2D eigenvalue weighted by atomic mass is 10.1. The molecule has 1 heterocycles. The molecule has 2 aromatic carbocycles. The fourth-order valence-electron chi connectivity index (χ4n) is 2.49. The van der Waals surface area contributed by atoms with E-state index in [-0.39, 0.29) is 11.9 Å². The fourth-order valence-corrected chi connectivity index (χ4v) is 2.49. The molecule has 0 aliphatic carbocycles. The van der Waals surface area contributed by atoms with E-state index in [1.165, 1.54) is 0 Å². The van der Waals surface area contributed by atoms with Gasteiger partial charge in [0.05, 0.1) is 17.3 Å². The molecule has 1 aliphatic heterocycles. The number of nitrogens with one attached hydrogen (secondary N) is 2. The van der Waals surface area contributed by atoms with Crippen LogP contribution in [0, 0.1) is 6.92 Å². The van der Waals surface area contributed by atoms with Crippen LogP contribution in [0.4, 0.5) is 5.69 Å². The quantitative estimate of drug-likeness (QED) is 0.596. The third-order valence-electron chi connectivity index (χ3n) is 3.58. The third-order valence-corrected chi connectivity index (χ3v) is 3.58. The maximum atomic E-state index is 12.5. The van der Waals surface area contributed by atoms with Gasteiger partial charge in [0.15, 0.2) is 0 Å². The van der Waals surface area contributed by atoms with Gasteiger partial charge < -0.3 is 15.5 Å². The van der Waals surface area contributed by atoms with Crippen LogP contribution < -0.4 is 21.3 Å². The number of rotatable bonds is 3. The Morgan fingerprint density at radius 3 is 2.90 bits per heavy atom. The van der Waals surface area contributed by atoms with E-state index >= 15 is 0 Å². The molecular weight excluding hydrogens is 266 g/mol. The number of ether oxygens (including phenoxy) is 1. The summed E-state index contributed by atoms with van der Waals surface area (Å²) in [7, 11) is 0. The van der Waals surface area contributed by atoms with Gasteiger partial charge in [0.25, 0.3) is 5.91 Å². The number of fused-ring (bicyclic) bond motifs is 1. The molecule has 0 saturated carbocycles. The molecule has 21 heavy (non-hydrogen) atoms. The third kappa shape index (κ3) is 2.55. The number of hydrogen-bond acceptors (Lipinski definition) is 4. The SMILES string of the molecule is Cc1ccc(NN)c(C(=O)NC2COc3ccccc32)c1. The van der Waals surface area contributed by atoms with Crippen molar-refractivity contribution in [2.24, 2.45) is 5.84 Å². The molecule has 0 fully saturated rings. The van der Waals surface area contributed by atoms with Crippen molar-refractivity contribution in [3.8, 4) is 5.75 Å². The predicted molar refractivity (Wildman–Crippen MR) is 81.1 cm³/mol. The molecule has 0 radical (unpaired) electrons. The van der Waals surface area contributed by atoms with Crippen LogP contribution in [0.3, 0.4) is 0 Å². The van der Waals surface area contributed by atoms with Crippen molar-refractivity contribution >= 4 is 11.6 Å². The lowest BCUT2D eigenvalue weighted by Crippen LogP contribution is -2.30. The minimum atomic E-state index is -0.169. The van der Waals surface area contributed by atoms with Crippen LogP contribution in [0.5, 0.6) is 5.75 Å². The maximum Gasteiger partial charge on any atom is 0.254 e. The van der Waals surface area contributed by atoms with Crippen molar-refractivity contribution in [2.45, 2.75) is 13.0 Å². The van der Waals surface area contributed by atoms with Gasteiger partial charge in [-0.05, 0) is 25.1 Å². The number of nitrogens with two attached hydrogens (primary N) is 1. The van der Waals surface area contributed by atoms with Gasteiger partial charge in [0, 0.05) is 5.56 Å². The van der Waals surface area contributed by atoms with Crippen LogP contribution in [0.15, 0.2) is 42.5 Å². The first-order valence-corrected chi connectivity index (χ1v) is 6.79. The van der Waals surface area contributed by atoms with Crippen molar-refractivity contribution in [1.82, 2.24) is 5.32 Å². The Labute approximate surface area is 123 Å². The van der Waals surface area contributed by atoms with Gasteiger partial charge in [-0.25, -0.2) is 0 Å². The zero-order chi connectivity index (χ0) is 14.8. The van der Waals surface area contributed by atoms with E-state index in [0.717, 1.165) is 16.9 Å². The summed E-state index contributed by atoms with van der Waals surface area (Å²) in [5, 5.41) is 2.99. The van der Waals surface area contributed by atoms with Gasteiger partial charge in [0.2, 0.25) is 0 Å². The van der Waals surface area contributed by atoms with Crippen molar-refractivity contribution in [1.29, 1.82) is 0 Å². The number of carbonyl (C=O) groups is 1. The fraction of sp³-hybridized carbons (Fsp3) is 0.188. The Morgan fingerprint density at radius 2 is 2.10 bits per heavy atom. The molecule has 0 saturated heterocycles. The second kappa shape index (κ2) is 5.46. The van der Waals surface area contributed by atoms with Crippen LogP contribution >= 0.6 is 0 Å². The van der Waals surface area contributed by atoms with Crippen LogP contribution in [-0.4, -0.2) is 12.5 Å². The smallest absolute Gasteiger partial charge is 0.254 e. The first kappa shape index (κ1) is 13.5. The highest BCUT2D eigenvalue weighted by Gasteiger charge is 2.26. The van der Waals surface area contributed by atoms with Gasteiger partial charge in [0.1, 0.15) is 12.4 Å². The van der Waals surface area contributed by atoms with Gasteiger partial charge in [-0.2, -0.15) is 0 Å². The van der Waals surface area contributed by atoms with Gasteiger partial charge in [-0.15, -0.1) is 0 Å². The lowest BCUT2D eigenvalue weighted by Gasteiger charge is -2.14. The average Bonchev–Trinajstić information content (AvgIpc) is 2.90. The summed E-state index contributed by atoms with van der Waals surface area (Å²) in [6.45, 7) is 2.38. The van der Waals surface area contributed by atoms with E-state index in [4.69, 9.17) is 10.6 Å². The van der Waals surface area contributed by atoms with Crippen molar-refractivity contribution in [3.63, 3.8) is 0 Å². The summed E-state index contributed by atoms with van der Waals surface area (Å²) in [5.74, 6) is 6.12. The predicted octanol–water partition coefficient (Wildman–Crippen LogP) is 2.14. The molecule has 0 aromatic heterocycles. The first-order chi connectivity index (χ1) is 10.2. The number of carbonyl (C=O) groups excluding carboxylic acids is 1. The van der Waals surface area contributed by atoms with Crippen LogP contribution in [0.2, 0.25) is 0 Å². The molecule has 4 N–H and O–H groups in total. The molecule has 1 amide bonds. The van der Waals surface area contributed by atoms with E-state index in [1.807, 2.05) is 43.3 Å². The molecule has 0 bridgehead atoms. The largest absolute Gasteiger partial charge is 0.491 e. The number of nitrogen functional groups attached to an aromatic ring is 1. The Kier molecular flexibility index (Phi) is 3.50. The monoisotopic (exact) mass is 283 g/mol.